The number of carbonyl (C=O) groups is 2. The lowest BCUT2D eigenvalue weighted by Gasteiger charge is -2.25. The molecule has 182 valence electrons. The molecule has 0 aliphatic heterocycles. The molecule has 9 heteroatoms. The fourth-order valence-electron chi connectivity index (χ4n) is 2.96. The maximum Gasteiger partial charge on any atom is 0.412 e. The normalized spacial score (nSPS) is 12.9. The summed E-state index contributed by atoms with van der Waals surface area (Å²) in [6, 6.07) is 9.35. The number of amides is 1. The van der Waals surface area contributed by atoms with Crippen LogP contribution in [0, 0.1) is 17.6 Å². The molecule has 0 aromatic heterocycles. The SMILES string of the molecule is C=CCOC(=O)/C=C(\C)[C@@H](C)[C@H](OC(=O)Nc1ccc(F)cc1F)c1ccc(OCCO)cc1. The van der Waals surface area contributed by atoms with E-state index in [4.69, 9.17) is 19.3 Å². The highest BCUT2D eigenvalue weighted by atomic mass is 19.1. The van der Waals surface area contributed by atoms with E-state index in [2.05, 4.69) is 11.9 Å². The summed E-state index contributed by atoms with van der Waals surface area (Å²) in [5.41, 5.74) is 0.900. The number of rotatable bonds is 11. The van der Waals surface area contributed by atoms with Crippen molar-refractivity contribution in [2.75, 3.05) is 25.1 Å². The standard InChI is InChI=1S/C25H27F2NO6/c1-4-12-33-23(30)14-16(2)17(3)24(18-5-8-20(9-6-18)32-13-11-29)34-25(31)28-22-10-7-19(26)15-21(22)27/h4-10,14-15,17,24,29H,1,11-13H2,2-3H3,(H,28,31)/b16-14+/t17-,24+/m1/s1. The number of halogens is 2. The van der Waals surface area contributed by atoms with Crippen molar-refractivity contribution in [1.29, 1.82) is 0 Å². The summed E-state index contributed by atoms with van der Waals surface area (Å²) in [6.07, 6.45) is 0.889. The number of hydrogen-bond donors (Lipinski definition) is 2. The Morgan fingerprint density at radius 3 is 2.50 bits per heavy atom. The zero-order valence-corrected chi connectivity index (χ0v) is 18.9. The van der Waals surface area contributed by atoms with Gasteiger partial charge in [0.25, 0.3) is 0 Å². The number of nitrogens with one attached hydrogen (secondary N) is 1. The fourth-order valence-corrected chi connectivity index (χ4v) is 2.96. The molecule has 0 unspecified atom stereocenters. The molecule has 2 rings (SSSR count). The summed E-state index contributed by atoms with van der Waals surface area (Å²) in [7, 11) is 0. The van der Waals surface area contributed by atoms with E-state index in [9.17, 15) is 18.4 Å². The van der Waals surface area contributed by atoms with Crippen LogP contribution in [-0.4, -0.2) is 37.0 Å². The van der Waals surface area contributed by atoms with Gasteiger partial charge in [-0.15, -0.1) is 0 Å². The molecular weight excluding hydrogens is 448 g/mol. The molecule has 0 aliphatic carbocycles. The molecule has 0 spiro atoms. The third-order valence-electron chi connectivity index (χ3n) is 4.83. The van der Waals surface area contributed by atoms with Crippen molar-refractivity contribution >= 4 is 17.7 Å². The summed E-state index contributed by atoms with van der Waals surface area (Å²) < 4.78 is 43.0. The lowest BCUT2D eigenvalue weighted by atomic mass is 9.91. The van der Waals surface area contributed by atoms with Crippen molar-refractivity contribution in [1.82, 2.24) is 0 Å². The van der Waals surface area contributed by atoms with E-state index >= 15 is 0 Å². The molecule has 2 atom stereocenters. The van der Waals surface area contributed by atoms with E-state index in [1.165, 1.54) is 12.2 Å². The van der Waals surface area contributed by atoms with E-state index in [0.29, 0.717) is 23.0 Å². The van der Waals surface area contributed by atoms with Crippen molar-refractivity contribution in [2.45, 2.75) is 20.0 Å². The number of hydrogen-bond acceptors (Lipinski definition) is 6. The molecule has 0 heterocycles. The second kappa shape index (κ2) is 13.1. The largest absolute Gasteiger partial charge is 0.491 e. The second-order valence-electron chi connectivity index (χ2n) is 7.31. The Bertz CT molecular complexity index is 1020. The summed E-state index contributed by atoms with van der Waals surface area (Å²) in [5.74, 6) is -2.29. The van der Waals surface area contributed by atoms with Crippen LogP contribution >= 0.6 is 0 Å². The smallest absolute Gasteiger partial charge is 0.412 e. The molecule has 0 saturated carbocycles. The molecular formula is C25H27F2NO6. The molecule has 0 radical (unpaired) electrons. The van der Waals surface area contributed by atoms with Gasteiger partial charge in [0.05, 0.1) is 12.3 Å². The number of anilines is 1. The van der Waals surface area contributed by atoms with Gasteiger partial charge < -0.3 is 19.3 Å². The van der Waals surface area contributed by atoms with Gasteiger partial charge in [0, 0.05) is 18.1 Å². The Hall–Kier alpha value is -3.72. The summed E-state index contributed by atoms with van der Waals surface area (Å²) in [4.78, 5) is 24.5. The maximum atomic E-state index is 13.9. The maximum absolute atomic E-state index is 13.9. The van der Waals surface area contributed by atoms with Gasteiger partial charge >= 0.3 is 12.1 Å². The predicted octanol–water partition coefficient (Wildman–Crippen LogP) is 4.94. The van der Waals surface area contributed by atoms with Gasteiger partial charge in [-0.2, -0.15) is 0 Å². The third kappa shape index (κ3) is 8.00. The van der Waals surface area contributed by atoms with Crippen LogP contribution in [0.3, 0.4) is 0 Å². The van der Waals surface area contributed by atoms with Gasteiger partial charge in [0.1, 0.15) is 36.7 Å². The van der Waals surface area contributed by atoms with E-state index in [-0.39, 0.29) is 25.5 Å². The monoisotopic (exact) mass is 475 g/mol. The van der Waals surface area contributed by atoms with E-state index < -0.39 is 35.7 Å². The second-order valence-corrected chi connectivity index (χ2v) is 7.31. The van der Waals surface area contributed by atoms with Gasteiger partial charge in [-0.1, -0.05) is 37.3 Å². The van der Waals surface area contributed by atoms with Crippen molar-refractivity contribution in [3.05, 3.63) is 84.0 Å². The quantitative estimate of drug-likeness (QED) is 0.272. The van der Waals surface area contributed by atoms with Crippen molar-refractivity contribution in [3.8, 4) is 5.75 Å². The molecule has 7 nitrogen and oxygen atoms in total. The van der Waals surface area contributed by atoms with Gasteiger partial charge in [-0.05, 0) is 36.8 Å². The number of esters is 1. The van der Waals surface area contributed by atoms with Gasteiger partial charge in [0.2, 0.25) is 0 Å². The fraction of sp³-hybridized carbons (Fsp3) is 0.280. The molecule has 2 N–H and O–H groups in total. The first-order valence-corrected chi connectivity index (χ1v) is 10.5. The minimum atomic E-state index is -0.968. The number of benzene rings is 2. The van der Waals surface area contributed by atoms with Gasteiger partial charge in [0.15, 0.2) is 0 Å². The molecule has 0 aliphatic rings. The Morgan fingerprint density at radius 2 is 1.88 bits per heavy atom. The number of ether oxygens (including phenoxy) is 3. The first-order valence-electron chi connectivity index (χ1n) is 10.5. The first kappa shape index (κ1) is 26.5. The van der Waals surface area contributed by atoms with Gasteiger partial charge in [-0.3, -0.25) is 5.32 Å². The lowest BCUT2D eigenvalue weighted by Crippen LogP contribution is -2.23. The molecule has 2 aromatic rings. The summed E-state index contributed by atoms with van der Waals surface area (Å²) >= 11 is 0. The van der Waals surface area contributed by atoms with Crippen molar-refractivity contribution < 1.29 is 37.7 Å². The van der Waals surface area contributed by atoms with Crippen molar-refractivity contribution in [3.63, 3.8) is 0 Å². The highest BCUT2D eigenvalue weighted by Gasteiger charge is 2.26. The minimum absolute atomic E-state index is 0.0534. The average molecular weight is 475 g/mol. The summed E-state index contributed by atoms with van der Waals surface area (Å²) in [5, 5.41) is 11.2. The zero-order valence-electron chi connectivity index (χ0n) is 18.9. The van der Waals surface area contributed by atoms with Crippen LogP contribution in [0.15, 0.2) is 66.8 Å². The predicted molar refractivity (Wildman–Crippen MR) is 122 cm³/mol. The van der Waals surface area contributed by atoms with Crippen molar-refractivity contribution in [2.24, 2.45) is 5.92 Å². The van der Waals surface area contributed by atoms with Crippen LogP contribution in [0.5, 0.6) is 5.75 Å². The van der Waals surface area contributed by atoms with Gasteiger partial charge in [-0.25, -0.2) is 18.4 Å². The van der Waals surface area contributed by atoms with Crippen LogP contribution in [0.1, 0.15) is 25.5 Å². The molecule has 0 fully saturated rings. The number of carbonyl (C=O) groups excluding carboxylic acids is 2. The Morgan fingerprint density at radius 1 is 1.18 bits per heavy atom. The van der Waals surface area contributed by atoms with E-state index in [1.807, 2.05) is 0 Å². The molecule has 1 amide bonds. The Labute approximate surface area is 196 Å². The topological polar surface area (TPSA) is 94.1 Å². The van der Waals surface area contributed by atoms with Crippen LogP contribution in [0.25, 0.3) is 0 Å². The first-order chi connectivity index (χ1) is 16.2. The van der Waals surface area contributed by atoms with Crippen LogP contribution in [0.2, 0.25) is 0 Å². The summed E-state index contributed by atoms with van der Waals surface area (Å²) in [6.45, 7) is 6.95. The lowest BCUT2D eigenvalue weighted by molar-refractivity contribution is -0.136. The number of aliphatic hydroxyl groups is 1. The highest BCUT2D eigenvalue weighted by molar-refractivity contribution is 5.85. The van der Waals surface area contributed by atoms with E-state index in [0.717, 1.165) is 12.1 Å². The van der Waals surface area contributed by atoms with E-state index in [1.54, 1.807) is 38.1 Å². The minimum Gasteiger partial charge on any atom is -0.491 e. The highest BCUT2D eigenvalue weighted by Crippen LogP contribution is 2.33. The van der Waals surface area contributed by atoms with Crippen LogP contribution in [-0.2, 0) is 14.3 Å². The molecule has 0 saturated heterocycles. The van der Waals surface area contributed by atoms with Crippen LogP contribution in [0.4, 0.5) is 19.3 Å². The average Bonchev–Trinajstić information content (AvgIpc) is 2.81. The third-order valence-corrected chi connectivity index (χ3v) is 4.83. The molecule has 0 bridgehead atoms. The zero-order chi connectivity index (χ0) is 25.1. The molecule has 2 aromatic carbocycles. The molecule has 34 heavy (non-hydrogen) atoms. The number of aliphatic hydroxyl groups excluding tert-OH is 1. The Balaban J connectivity index is 2.26. The Kier molecular flexibility index (Phi) is 10.2. The van der Waals surface area contributed by atoms with Crippen LogP contribution < -0.4 is 10.1 Å².